The van der Waals surface area contributed by atoms with E-state index >= 15 is 0 Å². The van der Waals surface area contributed by atoms with E-state index in [1.807, 2.05) is 13.0 Å². The first kappa shape index (κ1) is 21.8. The number of guanidine groups is 1. The molecule has 0 atom stereocenters. The molecule has 0 aliphatic carbocycles. The van der Waals surface area contributed by atoms with Gasteiger partial charge in [0.05, 0.1) is 24.2 Å². The summed E-state index contributed by atoms with van der Waals surface area (Å²) in [5.74, 6) is 1.91. The lowest BCUT2D eigenvalue weighted by Gasteiger charge is -2.12. The number of imidazole rings is 1. The largest absolute Gasteiger partial charge is 0.377 e. The van der Waals surface area contributed by atoms with Gasteiger partial charge in [-0.05, 0) is 50.5 Å². The Bertz CT molecular complexity index is 946. The Morgan fingerprint density at radius 1 is 1.03 bits per heavy atom. The highest BCUT2D eigenvalue weighted by Gasteiger charge is 2.06. The van der Waals surface area contributed by atoms with Crippen LogP contribution < -0.4 is 10.6 Å². The lowest BCUT2D eigenvalue weighted by atomic mass is 10.1. The van der Waals surface area contributed by atoms with Crippen LogP contribution in [0.4, 0.5) is 0 Å². The van der Waals surface area contributed by atoms with Crippen molar-refractivity contribution in [3.05, 3.63) is 65.5 Å². The minimum Gasteiger partial charge on any atom is -0.377 e. The highest BCUT2D eigenvalue weighted by atomic mass is 16.5. The maximum Gasteiger partial charge on any atom is 0.191 e. The van der Waals surface area contributed by atoms with E-state index in [1.165, 1.54) is 16.6 Å². The molecule has 0 saturated heterocycles. The van der Waals surface area contributed by atoms with Gasteiger partial charge in [-0.25, -0.2) is 9.98 Å². The molecule has 160 valence electrons. The summed E-state index contributed by atoms with van der Waals surface area (Å²) < 4.78 is 7.73. The molecule has 1 heterocycles. The van der Waals surface area contributed by atoms with Crippen LogP contribution in [0.3, 0.4) is 0 Å². The molecule has 3 aromatic rings. The summed E-state index contributed by atoms with van der Waals surface area (Å²) in [5, 5.41) is 6.77. The molecule has 0 radical (unpaired) electrons. The van der Waals surface area contributed by atoms with Gasteiger partial charge in [-0.1, -0.05) is 36.4 Å². The number of benzene rings is 2. The van der Waals surface area contributed by atoms with Gasteiger partial charge in [0.1, 0.15) is 5.82 Å². The van der Waals surface area contributed by atoms with E-state index in [4.69, 9.17) is 9.73 Å². The molecule has 0 aliphatic rings. The van der Waals surface area contributed by atoms with Crippen molar-refractivity contribution in [2.45, 2.75) is 46.9 Å². The van der Waals surface area contributed by atoms with Gasteiger partial charge in [-0.15, -0.1) is 0 Å². The second kappa shape index (κ2) is 11.4. The van der Waals surface area contributed by atoms with Crippen molar-refractivity contribution in [1.29, 1.82) is 0 Å². The average molecular weight is 408 g/mol. The van der Waals surface area contributed by atoms with Gasteiger partial charge in [0.2, 0.25) is 0 Å². The van der Waals surface area contributed by atoms with Crippen LogP contribution in [-0.4, -0.2) is 35.2 Å². The van der Waals surface area contributed by atoms with Crippen LogP contribution in [0.2, 0.25) is 0 Å². The molecule has 0 aliphatic heterocycles. The van der Waals surface area contributed by atoms with Crippen molar-refractivity contribution in [3.63, 3.8) is 0 Å². The Labute approximate surface area is 179 Å². The monoisotopic (exact) mass is 407 g/mol. The first-order valence-electron chi connectivity index (χ1n) is 10.8. The van der Waals surface area contributed by atoms with Crippen molar-refractivity contribution >= 4 is 17.0 Å². The molecule has 30 heavy (non-hydrogen) atoms. The third kappa shape index (κ3) is 6.07. The maximum absolute atomic E-state index is 5.45. The summed E-state index contributed by atoms with van der Waals surface area (Å²) >= 11 is 0. The quantitative estimate of drug-likeness (QED) is 0.303. The average Bonchev–Trinajstić information content (AvgIpc) is 3.09. The minimum absolute atomic E-state index is 0.648. The topological polar surface area (TPSA) is 63.5 Å². The lowest BCUT2D eigenvalue weighted by Crippen LogP contribution is -2.38. The molecule has 6 heteroatoms. The second-order valence-electron chi connectivity index (χ2n) is 7.23. The summed E-state index contributed by atoms with van der Waals surface area (Å²) in [6.45, 7) is 10.8. The number of aromatic nitrogens is 2. The summed E-state index contributed by atoms with van der Waals surface area (Å²) in [5.41, 5.74) is 4.64. The van der Waals surface area contributed by atoms with E-state index in [9.17, 15) is 0 Å². The van der Waals surface area contributed by atoms with Crippen LogP contribution in [0.1, 0.15) is 37.2 Å². The minimum atomic E-state index is 0.648. The molecule has 2 N–H and O–H groups in total. The Kier molecular flexibility index (Phi) is 8.27. The van der Waals surface area contributed by atoms with Crippen LogP contribution in [0.25, 0.3) is 11.0 Å². The van der Waals surface area contributed by atoms with Gasteiger partial charge >= 0.3 is 0 Å². The predicted octanol–water partition coefficient (Wildman–Crippen LogP) is 4.03. The van der Waals surface area contributed by atoms with Crippen molar-refractivity contribution in [1.82, 2.24) is 20.2 Å². The van der Waals surface area contributed by atoms with Gasteiger partial charge in [0, 0.05) is 26.2 Å². The second-order valence-corrected chi connectivity index (χ2v) is 7.23. The van der Waals surface area contributed by atoms with Crippen molar-refractivity contribution in [2.24, 2.45) is 4.99 Å². The van der Waals surface area contributed by atoms with E-state index in [0.29, 0.717) is 13.2 Å². The summed E-state index contributed by atoms with van der Waals surface area (Å²) in [6.07, 6.45) is 0.998. The number of ether oxygens (including phenoxy) is 1. The standard InChI is InChI=1S/C24H33N5O/c1-4-25-24(27-17-20-11-13-21(14-12-20)18-30-5-2)26-15-8-16-29-19(3)28-22-9-6-7-10-23(22)29/h6-7,9-14H,4-5,8,15-18H2,1-3H3,(H2,25,26,27). The number of hydrogen-bond donors (Lipinski definition) is 2. The number of aryl methyl sites for hydroxylation is 2. The number of nitrogens with one attached hydrogen (secondary N) is 2. The molecule has 2 aromatic carbocycles. The third-order valence-electron chi connectivity index (χ3n) is 4.96. The number of rotatable bonds is 10. The zero-order valence-corrected chi connectivity index (χ0v) is 18.3. The first-order valence-corrected chi connectivity index (χ1v) is 10.8. The Morgan fingerprint density at radius 2 is 1.80 bits per heavy atom. The van der Waals surface area contributed by atoms with Crippen molar-refractivity contribution in [2.75, 3.05) is 19.7 Å². The van der Waals surface area contributed by atoms with E-state index in [2.05, 4.69) is 76.5 Å². The molecule has 0 fully saturated rings. The highest BCUT2D eigenvalue weighted by Crippen LogP contribution is 2.15. The number of fused-ring (bicyclic) bond motifs is 1. The molecule has 0 saturated carbocycles. The number of para-hydroxylation sites is 2. The number of aliphatic imine (C=N–C) groups is 1. The molecule has 0 spiro atoms. The molecule has 6 nitrogen and oxygen atoms in total. The molecule has 0 unspecified atom stereocenters. The van der Waals surface area contributed by atoms with Crippen LogP contribution in [0.5, 0.6) is 0 Å². The third-order valence-corrected chi connectivity index (χ3v) is 4.96. The Hall–Kier alpha value is -2.86. The molecule has 1 aromatic heterocycles. The van der Waals surface area contributed by atoms with Crippen LogP contribution in [-0.2, 0) is 24.4 Å². The van der Waals surface area contributed by atoms with Crippen LogP contribution >= 0.6 is 0 Å². The zero-order valence-electron chi connectivity index (χ0n) is 18.3. The Morgan fingerprint density at radius 3 is 2.57 bits per heavy atom. The molecule has 0 bridgehead atoms. The van der Waals surface area contributed by atoms with E-state index in [1.54, 1.807) is 0 Å². The van der Waals surface area contributed by atoms with Gasteiger partial charge < -0.3 is 19.9 Å². The molecular weight excluding hydrogens is 374 g/mol. The number of hydrogen-bond acceptors (Lipinski definition) is 3. The maximum atomic E-state index is 5.45. The Balaban J connectivity index is 1.50. The molecule has 3 rings (SSSR count). The first-order chi connectivity index (χ1) is 14.7. The van der Waals surface area contributed by atoms with Gasteiger partial charge in [-0.2, -0.15) is 0 Å². The SMILES string of the molecule is CCNC(=NCc1ccc(COCC)cc1)NCCCn1c(C)nc2ccccc21. The lowest BCUT2D eigenvalue weighted by molar-refractivity contribution is 0.134. The smallest absolute Gasteiger partial charge is 0.191 e. The van der Waals surface area contributed by atoms with Crippen molar-refractivity contribution < 1.29 is 4.74 Å². The summed E-state index contributed by atoms with van der Waals surface area (Å²) in [4.78, 5) is 9.36. The zero-order chi connectivity index (χ0) is 21.2. The summed E-state index contributed by atoms with van der Waals surface area (Å²) in [7, 11) is 0. The summed E-state index contributed by atoms with van der Waals surface area (Å²) in [6, 6.07) is 16.8. The van der Waals surface area contributed by atoms with Gasteiger partial charge in [0.25, 0.3) is 0 Å². The number of nitrogens with zero attached hydrogens (tertiary/aromatic N) is 3. The molecular formula is C24H33N5O. The van der Waals surface area contributed by atoms with Gasteiger partial charge in [-0.3, -0.25) is 0 Å². The van der Waals surface area contributed by atoms with Gasteiger partial charge in [0.15, 0.2) is 5.96 Å². The molecule has 0 amide bonds. The highest BCUT2D eigenvalue weighted by molar-refractivity contribution is 5.79. The predicted molar refractivity (Wildman–Crippen MR) is 124 cm³/mol. The van der Waals surface area contributed by atoms with Crippen LogP contribution in [0, 0.1) is 6.92 Å². The van der Waals surface area contributed by atoms with Crippen LogP contribution in [0.15, 0.2) is 53.5 Å². The van der Waals surface area contributed by atoms with E-state index in [-0.39, 0.29) is 0 Å². The fourth-order valence-corrected chi connectivity index (χ4v) is 3.40. The fraction of sp³-hybridized carbons (Fsp3) is 0.417. The van der Waals surface area contributed by atoms with E-state index in [0.717, 1.165) is 50.0 Å². The normalized spacial score (nSPS) is 11.8. The van der Waals surface area contributed by atoms with Crippen molar-refractivity contribution in [3.8, 4) is 0 Å². The van der Waals surface area contributed by atoms with E-state index < -0.39 is 0 Å². The fourth-order valence-electron chi connectivity index (χ4n) is 3.40.